The maximum atomic E-state index is 15.0. The molecule has 0 saturated carbocycles. The van der Waals surface area contributed by atoms with Crippen LogP contribution in [0.2, 0.25) is 0 Å². The molecular formula is C66H88N11O25. The fourth-order valence-corrected chi connectivity index (χ4v) is 12.3. The first-order valence-electron chi connectivity index (χ1n) is 32.8. The lowest BCUT2D eigenvalue weighted by Gasteiger charge is -2.46. The molecule has 102 heavy (non-hydrogen) atoms. The Morgan fingerprint density at radius 3 is 1.80 bits per heavy atom. The van der Waals surface area contributed by atoms with Gasteiger partial charge >= 0.3 is 0 Å². The minimum Gasteiger partial charge on any atom is -0.489 e. The Morgan fingerprint density at radius 2 is 1.18 bits per heavy atom. The first-order chi connectivity index (χ1) is 48.9. The molecule has 20 unspecified atom stereocenters. The molecular weight excluding hydrogens is 1350 g/mol. The Balaban J connectivity index is 0.925. The zero-order valence-electron chi connectivity index (χ0n) is 54.9. The van der Waals surface area contributed by atoms with Gasteiger partial charge in [0.2, 0.25) is 36.2 Å². The molecule has 4 amide bonds. The molecule has 0 spiro atoms. The molecule has 24 N–H and O–H groups in total. The summed E-state index contributed by atoms with van der Waals surface area (Å²) in [5.74, 6) is -5.98. The van der Waals surface area contributed by atoms with Gasteiger partial charge in [-0.25, -0.2) is 0 Å². The van der Waals surface area contributed by atoms with E-state index in [4.69, 9.17) is 49.7 Å². The summed E-state index contributed by atoms with van der Waals surface area (Å²) in [4.78, 5) is 71.1. The van der Waals surface area contributed by atoms with E-state index in [1.54, 1.807) is 61.5 Å². The van der Waals surface area contributed by atoms with E-state index in [1.165, 1.54) is 30.6 Å². The Hall–Kier alpha value is -8.19. The number of nitrogens with one attached hydrogen (secondary N) is 9. The van der Waals surface area contributed by atoms with Gasteiger partial charge in [0.05, 0.1) is 51.2 Å². The van der Waals surface area contributed by atoms with Gasteiger partial charge in [-0.3, -0.25) is 34.8 Å². The van der Waals surface area contributed by atoms with Crippen LogP contribution in [0, 0.1) is 10.8 Å². The number of nitrogens with two attached hydrogens (primary N) is 1. The summed E-state index contributed by atoms with van der Waals surface area (Å²) >= 11 is 0. The van der Waals surface area contributed by atoms with E-state index in [0.29, 0.717) is 23.5 Å². The zero-order valence-corrected chi connectivity index (χ0v) is 54.9. The van der Waals surface area contributed by atoms with E-state index < -0.39 is 221 Å². The van der Waals surface area contributed by atoms with Crippen LogP contribution in [0.1, 0.15) is 35.1 Å². The lowest BCUT2D eigenvalue weighted by molar-refractivity contribution is -0.357. The van der Waals surface area contributed by atoms with Crippen molar-refractivity contribution < 1.29 is 124 Å². The summed E-state index contributed by atoms with van der Waals surface area (Å²) in [6, 6.07) is 18.2. The van der Waals surface area contributed by atoms with Crippen LogP contribution < -0.4 is 52.4 Å². The van der Waals surface area contributed by atoms with Crippen LogP contribution in [0.15, 0.2) is 109 Å². The highest BCUT2D eigenvalue weighted by molar-refractivity contribution is 5.96. The van der Waals surface area contributed by atoms with Gasteiger partial charge in [-0.1, -0.05) is 91.9 Å². The predicted molar refractivity (Wildman–Crippen MR) is 350 cm³/mol. The minimum absolute atomic E-state index is 0.0423. The number of hydrogen-bond donors (Lipinski definition) is 23. The van der Waals surface area contributed by atoms with Crippen molar-refractivity contribution in [1.29, 1.82) is 10.8 Å². The number of aliphatic hydroxyl groups is 13. The average molecular weight is 1440 g/mol. The average Bonchev–Trinajstić information content (AvgIpc) is 1.43. The molecule has 0 aliphatic carbocycles. The maximum absolute atomic E-state index is 15.0. The molecule has 25 atom stereocenters. The van der Waals surface area contributed by atoms with E-state index in [1.807, 2.05) is 30.3 Å². The van der Waals surface area contributed by atoms with Crippen LogP contribution in [0.5, 0.6) is 11.5 Å². The van der Waals surface area contributed by atoms with Crippen LogP contribution in [-0.4, -0.2) is 299 Å². The number of amides is 4. The van der Waals surface area contributed by atoms with Crippen molar-refractivity contribution in [2.75, 3.05) is 39.5 Å². The molecule has 5 fully saturated rings. The highest BCUT2D eigenvalue weighted by Gasteiger charge is 2.55. The first kappa shape index (κ1) is 78.0. The van der Waals surface area contributed by atoms with Crippen molar-refractivity contribution >= 4 is 41.8 Å². The smallest absolute Gasteiger partial charge is 0.246 e. The molecule has 4 aromatic carbocycles. The van der Waals surface area contributed by atoms with E-state index in [-0.39, 0.29) is 30.4 Å². The van der Waals surface area contributed by atoms with Crippen LogP contribution in [0.3, 0.4) is 0 Å². The maximum Gasteiger partial charge on any atom is 0.246 e. The number of hydrogen-bond acceptors (Lipinski definition) is 28. The molecule has 36 heteroatoms. The fourth-order valence-electron chi connectivity index (χ4n) is 12.3. The van der Waals surface area contributed by atoms with Gasteiger partial charge in [-0.2, -0.15) is 0 Å². The SMILES string of the molecule is CC(c1ccccc1)[C@H](N)C(=O)N[C@@H](Cc1ccc(OC2OC(CO)C(OC3OC(CO)C(O)C(O)C3OCc3ccc(OCc4ccccc4)cc3)C(O)C2O)cc1)C(=O)N[C@H](C(=O)N[C@H](C(=O)N[C@H]([C]=O)CO)C(O)C1CNC(=N)N1C1OC(CO)C(O)C(O)C1O)C(O)C1CNC(=N)N1. The first-order valence-corrected chi connectivity index (χ1v) is 32.8. The molecule has 4 aromatic rings. The second-order valence-electron chi connectivity index (χ2n) is 25.2. The topological polar surface area (TPSA) is 574 Å². The van der Waals surface area contributed by atoms with Crippen LogP contribution in [0.4, 0.5) is 0 Å². The van der Waals surface area contributed by atoms with Crippen LogP contribution in [-0.2, 0) is 67.3 Å². The Kier molecular flexibility index (Phi) is 27.4. The van der Waals surface area contributed by atoms with E-state index in [2.05, 4.69) is 37.2 Å². The van der Waals surface area contributed by atoms with Gasteiger partial charge in [0.15, 0.2) is 24.4 Å². The molecule has 557 valence electrons. The van der Waals surface area contributed by atoms with Crippen molar-refractivity contribution in [3.8, 4) is 11.5 Å². The highest BCUT2D eigenvalue weighted by atomic mass is 16.7. The van der Waals surface area contributed by atoms with Gasteiger partial charge in [-0.15, -0.1) is 0 Å². The molecule has 5 aliphatic heterocycles. The molecule has 9 rings (SSSR count). The summed E-state index contributed by atoms with van der Waals surface area (Å²) < 4.78 is 41.4. The molecule has 36 nitrogen and oxygen atoms in total. The van der Waals surface area contributed by atoms with Gasteiger partial charge in [-0.05, 0) is 46.5 Å². The number of benzene rings is 4. The Labute approximate surface area is 583 Å². The Bertz CT molecular complexity index is 3420. The number of carbonyl (C=O) groups excluding carboxylic acids is 5. The van der Waals surface area contributed by atoms with Crippen LogP contribution >= 0.6 is 0 Å². The number of ether oxygens (including phenoxy) is 7. The minimum atomic E-state index is -2.30. The van der Waals surface area contributed by atoms with E-state index >= 15 is 4.79 Å². The molecule has 5 heterocycles. The van der Waals surface area contributed by atoms with Gasteiger partial charge in [0, 0.05) is 25.4 Å². The summed E-state index contributed by atoms with van der Waals surface area (Å²) in [6.45, 7) is -2.49. The predicted octanol–water partition coefficient (Wildman–Crippen LogP) is -8.57. The third kappa shape index (κ3) is 18.6. The number of carbonyl (C=O) groups is 4. The number of guanidine groups is 2. The van der Waals surface area contributed by atoms with E-state index in [0.717, 1.165) is 10.5 Å². The quantitative estimate of drug-likeness (QED) is 0.0216. The largest absolute Gasteiger partial charge is 0.489 e. The standard InChI is InChI=1S/C66H88N11O25/c1-30(34-10-6-3-7-11-34)44(67)59(93)73-38(58(92)75-45(47(83)39-21-70-65(68)74-39)61(95)76-46(60(94)72-35(23-78)24-79)48(84)40-22-71-66(69)77(40)62-54(90)51(87)49(85)41(25-80)99-62)20-31-12-18-37(19-13-31)98-63-55(91)53(89)56(43(27-82)101-63)102-64-57(52(88)50(86)42(26-81)100-64)97-29-33-14-16-36(17-15-33)96-28-32-8-4-2-5-9-32/h2-19,30,35,38-57,62-64,78,80-91H,20-23,25-29,67H2,1H3,(H2,69,71)(H,72,94)(H,73,93)(H,75,92)(H,76,95)(H3,68,70,74)/t30?,35-,38-,39?,40?,41?,42?,43?,44-,45-,46-,47?,48?,49?,50?,51?,52?,53?,54?,55?,56?,57?,62?,63?,64?/m0/s1. The molecule has 0 aromatic heterocycles. The van der Waals surface area contributed by atoms with Gasteiger partial charge in [0.25, 0.3) is 0 Å². The second kappa shape index (κ2) is 35.8. The van der Waals surface area contributed by atoms with Crippen molar-refractivity contribution in [2.24, 2.45) is 5.73 Å². The Morgan fingerprint density at radius 1 is 0.608 bits per heavy atom. The molecule has 5 aliphatic rings. The van der Waals surface area contributed by atoms with Crippen molar-refractivity contribution in [1.82, 2.24) is 42.1 Å². The summed E-state index contributed by atoms with van der Waals surface area (Å²) in [5.41, 5.74) is 8.98. The van der Waals surface area contributed by atoms with Gasteiger partial charge < -0.3 is 147 Å². The van der Waals surface area contributed by atoms with Crippen LogP contribution in [0.25, 0.3) is 0 Å². The van der Waals surface area contributed by atoms with Crippen molar-refractivity contribution in [3.63, 3.8) is 0 Å². The fraction of sp³-hybridized carbons (Fsp3) is 0.530. The van der Waals surface area contributed by atoms with Crippen molar-refractivity contribution in [2.45, 2.75) is 179 Å². The normalized spacial score (nSPS) is 30.3. The summed E-state index contributed by atoms with van der Waals surface area (Å²) in [7, 11) is 0. The summed E-state index contributed by atoms with van der Waals surface area (Å²) in [6.07, 6.45) is -29.3. The number of rotatable bonds is 32. The molecule has 5 saturated heterocycles. The lowest BCUT2D eigenvalue weighted by atomic mass is 9.93. The number of aliphatic hydroxyl groups excluding tert-OH is 13. The lowest BCUT2D eigenvalue weighted by Crippen LogP contribution is -2.69. The van der Waals surface area contributed by atoms with E-state index in [9.17, 15) is 85.6 Å². The van der Waals surface area contributed by atoms with Gasteiger partial charge in [0.1, 0.15) is 128 Å². The molecule has 0 bridgehead atoms. The second-order valence-corrected chi connectivity index (χ2v) is 25.2. The number of nitrogens with zero attached hydrogens (tertiary/aromatic N) is 1. The van der Waals surface area contributed by atoms with Crippen molar-refractivity contribution in [3.05, 3.63) is 131 Å². The summed E-state index contributed by atoms with van der Waals surface area (Å²) in [5, 5.41) is 176. The third-order valence-corrected chi connectivity index (χ3v) is 18.3. The zero-order chi connectivity index (χ0) is 73.6. The highest BCUT2D eigenvalue weighted by Crippen LogP contribution is 2.34. The monoisotopic (exact) mass is 1430 g/mol. The molecule has 1 radical (unpaired) electrons. The third-order valence-electron chi connectivity index (χ3n) is 18.3.